The number of nitrogens with one attached hydrogen (secondary N) is 1. The molecular weight excluding hydrogens is 344 g/mol. The number of nitrogens with zero attached hydrogens (tertiary/aromatic N) is 1. The molecular formula is C13H15BrN2O3S. The van der Waals surface area contributed by atoms with Crippen molar-refractivity contribution in [2.45, 2.75) is 11.0 Å². The molecule has 2 rings (SSSR count). The van der Waals surface area contributed by atoms with Crippen LogP contribution in [-0.2, 0) is 17.1 Å². The molecule has 0 aliphatic carbocycles. The van der Waals surface area contributed by atoms with Crippen LogP contribution in [0.15, 0.2) is 52.0 Å². The summed E-state index contributed by atoms with van der Waals surface area (Å²) >= 11 is 3.20. The van der Waals surface area contributed by atoms with Crippen LogP contribution in [0.4, 0.5) is 0 Å². The van der Waals surface area contributed by atoms with Crippen LogP contribution < -0.4 is 4.72 Å². The Morgan fingerprint density at radius 1 is 1.30 bits per heavy atom. The highest BCUT2D eigenvalue weighted by atomic mass is 79.9. The van der Waals surface area contributed by atoms with Crippen LogP contribution in [0.1, 0.15) is 11.8 Å². The van der Waals surface area contributed by atoms with Gasteiger partial charge in [0.2, 0.25) is 10.0 Å². The fraction of sp³-hybridized carbons (Fsp3) is 0.231. The predicted molar refractivity (Wildman–Crippen MR) is 79.7 cm³/mol. The van der Waals surface area contributed by atoms with Gasteiger partial charge in [0.05, 0.1) is 4.90 Å². The van der Waals surface area contributed by atoms with E-state index in [9.17, 15) is 13.5 Å². The lowest BCUT2D eigenvalue weighted by atomic mass is 10.2. The van der Waals surface area contributed by atoms with E-state index >= 15 is 0 Å². The van der Waals surface area contributed by atoms with Crippen molar-refractivity contribution in [1.82, 2.24) is 9.29 Å². The number of rotatable bonds is 5. The summed E-state index contributed by atoms with van der Waals surface area (Å²) in [6, 6.07) is 10.1. The Kier molecular flexibility index (Phi) is 4.64. The molecule has 2 aromatic rings. The van der Waals surface area contributed by atoms with Crippen LogP contribution in [0.2, 0.25) is 0 Å². The summed E-state index contributed by atoms with van der Waals surface area (Å²) in [6.07, 6.45) is 0.896. The van der Waals surface area contributed by atoms with Gasteiger partial charge in [-0.15, -0.1) is 0 Å². The zero-order chi connectivity index (χ0) is 14.8. The molecule has 0 aliphatic rings. The smallest absolute Gasteiger partial charge is 0.241 e. The first-order valence-electron chi connectivity index (χ1n) is 5.95. The van der Waals surface area contributed by atoms with Gasteiger partial charge in [0.25, 0.3) is 0 Å². The minimum Gasteiger partial charge on any atom is -0.386 e. The van der Waals surface area contributed by atoms with Crippen LogP contribution in [0, 0.1) is 0 Å². The van der Waals surface area contributed by atoms with Crippen molar-refractivity contribution in [3.05, 3.63) is 52.8 Å². The third kappa shape index (κ3) is 3.29. The topological polar surface area (TPSA) is 71.3 Å². The van der Waals surface area contributed by atoms with Gasteiger partial charge in [-0.25, -0.2) is 13.1 Å². The molecule has 0 amide bonds. The highest BCUT2D eigenvalue weighted by Crippen LogP contribution is 2.21. The van der Waals surface area contributed by atoms with E-state index in [-0.39, 0.29) is 11.4 Å². The molecule has 1 atom stereocenters. The maximum Gasteiger partial charge on any atom is 0.241 e. The molecule has 0 fully saturated rings. The first-order valence-corrected chi connectivity index (χ1v) is 8.23. The van der Waals surface area contributed by atoms with Crippen LogP contribution in [-0.4, -0.2) is 24.6 Å². The van der Waals surface area contributed by atoms with Crippen molar-refractivity contribution in [2.24, 2.45) is 7.05 Å². The second kappa shape index (κ2) is 6.09. The van der Waals surface area contributed by atoms with Gasteiger partial charge in [-0.05, 0) is 40.2 Å². The van der Waals surface area contributed by atoms with E-state index < -0.39 is 16.1 Å². The molecule has 5 nitrogen and oxygen atoms in total. The number of aliphatic hydroxyl groups is 1. The second-order valence-electron chi connectivity index (χ2n) is 4.34. The second-order valence-corrected chi connectivity index (χ2v) is 6.93. The molecule has 1 heterocycles. The third-order valence-corrected chi connectivity index (χ3v) is 5.35. The number of benzene rings is 1. The van der Waals surface area contributed by atoms with E-state index in [0.29, 0.717) is 10.2 Å². The summed E-state index contributed by atoms with van der Waals surface area (Å²) < 4.78 is 29.0. The third-order valence-electron chi connectivity index (χ3n) is 2.92. The Morgan fingerprint density at radius 2 is 2.00 bits per heavy atom. The van der Waals surface area contributed by atoms with E-state index in [1.807, 2.05) is 0 Å². The quantitative estimate of drug-likeness (QED) is 0.855. The average Bonchev–Trinajstić information content (AvgIpc) is 2.83. The molecule has 0 bridgehead atoms. The molecule has 0 radical (unpaired) electrons. The Hall–Kier alpha value is -1.15. The average molecular weight is 359 g/mol. The number of aliphatic hydroxyl groups excluding tert-OH is 1. The number of sulfonamides is 1. The fourth-order valence-electron chi connectivity index (χ4n) is 1.85. The van der Waals surface area contributed by atoms with Crippen LogP contribution in [0.3, 0.4) is 0 Å². The van der Waals surface area contributed by atoms with E-state index in [1.54, 1.807) is 48.1 Å². The standard InChI is InChI=1S/C13H15BrN2O3S/c1-16-8-4-6-11(16)12(17)9-15-20(18,19)13-7-3-2-5-10(13)14/h2-8,12,15,17H,9H2,1H3/t12-/m1/s1. The summed E-state index contributed by atoms with van der Waals surface area (Å²) in [6.45, 7) is -0.0818. The van der Waals surface area contributed by atoms with Gasteiger partial charge in [0.15, 0.2) is 0 Å². The van der Waals surface area contributed by atoms with Crippen molar-refractivity contribution >= 4 is 26.0 Å². The van der Waals surface area contributed by atoms with E-state index in [2.05, 4.69) is 20.7 Å². The molecule has 108 valence electrons. The highest BCUT2D eigenvalue weighted by molar-refractivity contribution is 9.10. The highest BCUT2D eigenvalue weighted by Gasteiger charge is 2.19. The lowest BCUT2D eigenvalue weighted by Crippen LogP contribution is -2.29. The summed E-state index contributed by atoms with van der Waals surface area (Å²) in [7, 11) is -1.86. The Morgan fingerprint density at radius 3 is 2.60 bits per heavy atom. The van der Waals surface area contributed by atoms with Crippen molar-refractivity contribution in [2.75, 3.05) is 6.54 Å². The van der Waals surface area contributed by atoms with E-state index in [4.69, 9.17) is 0 Å². The maximum absolute atomic E-state index is 12.2. The Balaban J connectivity index is 2.11. The van der Waals surface area contributed by atoms with Crippen molar-refractivity contribution in [3.63, 3.8) is 0 Å². The van der Waals surface area contributed by atoms with Crippen LogP contribution >= 0.6 is 15.9 Å². The molecule has 0 unspecified atom stereocenters. The molecule has 1 aromatic carbocycles. The first kappa shape index (κ1) is 15.2. The summed E-state index contributed by atoms with van der Waals surface area (Å²) in [5.74, 6) is 0. The first-order chi connectivity index (χ1) is 9.42. The number of aryl methyl sites for hydroxylation is 1. The van der Waals surface area contributed by atoms with Crippen LogP contribution in [0.5, 0.6) is 0 Å². The number of hydrogen-bond acceptors (Lipinski definition) is 3. The van der Waals surface area contributed by atoms with E-state index in [1.165, 1.54) is 6.07 Å². The monoisotopic (exact) mass is 358 g/mol. The van der Waals surface area contributed by atoms with Crippen molar-refractivity contribution in [1.29, 1.82) is 0 Å². The largest absolute Gasteiger partial charge is 0.386 e. The van der Waals surface area contributed by atoms with Gasteiger partial charge in [-0.2, -0.15) is 0 Å². The molecule has 0 aliphatic heterocycles. The zero-order valence-electron chi connectivity index (χ0n) is 10.8. The predicted octanol–water partition coefficient (Wildman–Crippen LogP) is 1.80. The van der Waals surface area contributed by atoms with Gasteiger partial charge in [-0.3, -0.25) is 0 Å². The normalized spacial score (nSPS) is 13.3. The van der Waals surface area contributed by atoms with Gasteiger partial charge < -0.3 is 9.67 Å². The van der Waals surface area contributed by atoms with Gasteiger partial charge in [-0.1, -0.05) is 12.1 Å². The lowest BCUT2D eigenvalue weighted by molar-refractivity contribution is 0.173. The molecule has 0 saturated heterocycles. The molecule has 0 saturated carbocycles. The number of halogens is 1. The minimum absolute atomic E-state index is 0.0818. The van der Waals surface area contributed by atoms with Gasteiger partial charge in [0.1, 0.15) is 6.10 Å². The molecule has 7 heteroatoms. The van der Waals surface area contributed by atoms with Gasteiger partial charge in [0, 0.05) is 30.0 Å². The fourth-order valence-corrected chi connectivity index (χ4v) is 3.89. The summed E-state index contributed by atoms with van der Waals surface area (Å²) in [4.78, 5) is 0.152. The summed E-state index contributed by atoms with van der Waals surface area (Å²) in [5, 5.41) is 10.0. The lowest BCUT2D eigenvalue weighted by Gasteiger charge is -2.14. The maximum atomic E-state index is 12.2. The number of aromatic nitrogens is 1. The Bertz CT molecular complexity index is 697. The SMILES string of the molecule is Cn1cccc1[C@H](O)CNS(=O)(=O)c1ccccc1Br. The molecule has 20 heavy (non-hydrogen) atoms. The van der Waals surface area contributed by atoms with E-state index in [0.717, 1.165) is 0 Å². The van der Waals surface area contributed by atoms with Crippen LogP contribution in [0.25, 0.3) is 0 Å². The van der Waals surface area contributed by atoms with Gasteiger partial charge >= 0.3 is 0 Å². The molecule has 1 aromatic heterocycles. The van der Waals surface area contributed by atoms with Crippen molar-refractivity contribution < 1.29 is 13.5 Å². The minimum atomic E-state index is -3.66. The van der Waals surface area contributed by atoms with Crippen molar-refractivity contribution in [3.8, 4) is 0 Å². The summed E-state index contributed by atoms with van der Waals surface area (Å²) in [5.41, 5.74) is 0.653. The Labute approximate surface area is 126 Å². The molecule has 2 N–H and O–H groups in total. The number of hydrogen-bond donors (Lipinski definition) is 2. The zero-order valence-corrected chi connectivity index (χ0v) is 13.2. The molecule has 0 spiro atoms.